The van der Waals surface area contributed by atoms with Crippen molar-refractivity contribution >= 4 is 28.9 Å². The van der Waals surface area contributed by atoms with Crippen LogP contribution in [0.3, 0.4) is 0 Å². The summed E-state index contributed by atoms with van der Waals surface area (Å²) in [4.78, 5) is 23.1. The van der Waals surface area contributed by atoms with Crippen LogP contribution in [0.25, 0.3) is 0 Å². The molecule has 6 nitrogen and oxygen atoms in total. The Kier molecular flexibility index (Phi) is 6.39. The molecule has 1 aromatic heterocycles. The molecule has 0 saturated carbocycles. The van der Waals surface area contributed by atoms with Gasteiger partial charge in [0.05, 0.1) is 5.69 Å². The molecule has 150 valence electrons. The SMILES string of the molecule is CCN(CC)c1ccc(Nc2nccc(C(=O)Nc3ccccc3F)n2)c(C)c1. The van der Waals surface area contributed by atoms with Crippen LogP contribution in [0.4, 0.5) is 27.4 Å². The lowest BCUT2D eigenvalue weighted by atomic mass is 10.1. The number of carbonyl (C=O) groups is 1. The summed E-state index contributed by atoms with van der Waals surface area (Å²) in [6, 6.07) is 13.6. The molecule has 0 aliphatic carbocycles. The Balaban J connectivity index is 1.76. The minimum atomic E-state index is -0.505. The molecule has 1 amide bonds. The number of hydrogen-bond acceptors (Lipinski definition) is 5. The fourth-order valence-corrected chi connectivity index (χ4v) is 2.99. The van der Waals surface area contributed by atoms with Crippen molar-refractivity contribution in [3.8, 4) is 0 Å². The van der Waals surface area contributed by atoms with Crippen LogP contribution < -0.4 is 15.5 Å². The summed E-state index contributed by atoms with van der Waals surface area (Å²) in [5.41, 5.74) is 3.29. The molecule has 3 aromatic rings. The topological polar surface area (TPSA) is 70.2 Å². The maximum atomic E-state index is 13.8. The third-order valence-electron chi connectivity index (χ3n) is 4.60. The molecule has 0 spiro atoms. The van der Waals surface area contributed by atoms with Crippen LogP contribution in [0.15, 0.2) is 54.7 Å². The van der Waals surface area contributed by atoms with Crippen molar-refractivity contribution in [2.75, 3.05) is 28.6 Å². The second-order valence-electron chi connectivity index (χ2n) is 6.50. The lowest BCUT2D eigenvalue weighted by Crippen LogP contribution is -2.21. The number of aryl methyl sites for hydroxylation is 1. The van der Waals surface area contributed by atoms with Gasteiger partial charge < -0.3 is 15.5 Å². The summed E-state index contributed by atoms with van der Waals surface area (Å²) in [6.45, 7) is 8.12. The molecule has 0 saturated heterocycles. The van der Waals surface area contributed by atoms with Gasteiger partial charge in [-0.05, 0) is 62.7 Å². The van der Waals surface area contributed by atoms with E-state index in [4.69, 9.17) is 0 Å². The monoisotopic (exact) mass is 393 g/mol. The summed E-state index contributed by atoms with van der Waals surface area (Å²) >= 11 is 0. The molecular weight excluding hydrogens is 369 g/mol. The van der Waals surface area contributed by atoms with Crippen molar-refractivity contribution in [3.63, 3.8) is 0 Å². The molecule has 0 radical (unpaired) electrons. The third kappa shape index (κ3) is 4.87. The van der Waals surface area contributed by atoms with Gasteiger partial charge >= 0.3 is 0 Å². The summed E-state index contributed by atoms with van der Waals surface area (Å²) in [5, 5.41) is 5.67. The number of amides is 1. The smallest absolute Gasteiger partial charge is 0.274 e. The largest absolute Gasteiger partial charge is 0.372 e. The fourth-order valence-electron chi connectivity index (χ4n) is 2.99. The van der Waals surface area contributed by atoms with E-state index in [1.165, 1.54) is 24.4 Å². The Bertz CT molecular complexity index is 1000. The van der Waals surface area contributed by atoms with Gasteiger partial charge in [0, 0.05) is 30.7 Å². The van der Waals surface area contributed by atoms with E-state index in [0.29, 0.717) is 5.95 Å². The number of nitrogens with zero attached hydrogens (tertiary/aromatic N) is 3. The van der Waals surface area contributed by atoms with Crippen LogP contribution in [0.1, 0.15) is 29.9 Å². The molecule has 3 rings (SSSR count). The summed E-state index contributed by atoms with van der Waals surface area (Å²) < 4.78 is 13.8. The predicted molar refractivity (Wildman–Crippen MR) is 114 cm³/mol. The van der Waals surface area contributed by atoms with Crippen molar-refractivity contribution in [2.45, 2.75) is 20.8 Å². The van der Waals surface area contributed by atoms with Crippen LogP contribution >= 0.6 is 0 Å². The van der Waals surface area contributed by atoms with Gasteiger partial charge in [0.2, 0.25) is 5.95 Å². The molecular formula is C22H24FN5O. The van der Waals surface area contributed by atoms with Crippen LogP contribution in [-0.4, -0.2) is 29.0 Å². The van der Waals surface area contributed by atoms with E-state index in [1.54, 1.807) is 12.1 Å². The highest BCUT2D eigenvalue weighted by Gasteiger charge is 2.12. The first-order valence-corrected chi connectivity index (χ1v) is 9.53. The Morgan fingerprint density at radius 2 is 1.83 bits per heavy atom. The second kappa shape index (κ2) is 9.14. The Morgan fingerprint density at radius 1 is 1.07 bits per heavy atom. The van der Waals surface area contributed by atoms with Crippen LogP contribution in [-0.2, 0) is 0 Å². The zero-order valence-corrected chi connectivity index (χ0v) is 16.7. The van der Waals surface area contributed by atoms with Crippen LogP contribution in [0.5, 0.6) is 0 Å². The number of anilines is 4. The molecule has 2 aromatic carbocycles. The van der Waals surface area contributed by atoms with Gasteiger partial charge in [-0.2, -0.15) is 0 Å². The summed E-state index contributed by atoms with van der Waals surface area (Å²) in [5.74, 6) is -0.712. The number of benzene rings is 2. The first-order chi connectivity index (χ1) is 14.0. The molecule has 0 fully saturated rings. The number of nitrogens with one attached hydrogen (secondary N) is 2. The Hall–Kier alpha value is -3.48. The first kappa shape index (κ1) is 20.3. The second-order valence-corrected chi connectivity index (χ2v) is 6.50. The predicted octanol–water partition coefficient (Wildman–Crippen LogP) is 4.77. The summed E-state index contributed by atoms with van der Waals surface area (Å²) in [7, 11) is 0. The van der Waals surface area contributed by atoms with Gasteiger partial charge in [-0.3, -0.25) is 4.79 Å². The number of halogens is 1. The number of para-hydroxylation sites is 1. The average Bonchev–Trinajstić information content (AvgIpc) is 2.73. The molecule has 0 bridgehead atoms. The lowest BCUT2D eigenvalue weighted by molar-refractivity contribution is 0.102. The van der Waals surface area contributed by atoms with Crippen molar-refractivity contribution in [1.82, 2.24) is 9.97 Å². The molecule has 0 aliphatic heterocycles. The first-order valence-electron chi connectivity index (χ1n) is 9.53. The van der Waals surface area contributed by atoms with Gasteiger partial charge in [0.25, 0.3) is 5.91 Å². The van der Waals surface area contributed by atoms with Crippen molar-refractivity contribution in [1.29, 1.82) is 0 Å². The number of carbonyl (C=O) groups excluding carboxylic acids is 1. The highest BCUT2D eigenvalue weighted by Crippen LogP contribution is 2.24. The van der Waals surface area contributed by atoms with E-state index in [2.05, 4.69) is 45.4 Å². The van der Waals surface area contributed by atoms with Gasteiger partial charge in [-0.15, -0.1) is 0 Å². The zero-order valence-electron chi connectivity index (χ0n) is 16.7. The van der Waals surface area contributed by atoms with E-state index in [1.807, 2.05) is 19.1 Å². The molecule has 29 heavy (non-hydrogen) atoms. The Morgan fingerprint density at radius 3 is 2.52 bits per heavy atom. The van der Waals surface area contributed by atoms with E-state index < -0.39 is 11.7 Å². The highest BCUT2D eigenvalue weighted by atomic mass is 19.1. The van der Waals surface area contributed by atoms with Gasteiger partial charge in [0.1, 0.15) is 11.5 Å². The van der Waals surface area contributed by atoms with E-state index in [9.17, 15) is 9.18 Å². The van der Waals surface area contributed by atoms with Gasteiger partial charge in [-0.1, -0.05) is 12.1 Å². The van der Waals surface area contributed by atoms with Gasteiger partial charge in [0.15, 0.2) is 0 Å². The minimum Gasteiger partial charge on any atom is -0.372 e. The van der Waals surface area contributed by atoms with Crippen molar-refractivity contribution in [2.24, 2.45) is 0 Å². The fraction of sp³-hybridized carbons (Fsp3) is 0.227. The molecule has 0 aliphatic rings. The molecule has 7 heteroatoms. The van der Waals surface area contributed by atoms with Crippen molar-refractivity contribution in [3.05, 3.63) is 71.8 Å². The Labute approximate surface area is 169 Å². The molecule has 2 N–H and O–H groups in total. The highest BCUT2D eigenvalue weighted by molar-refractivity contribution is 6.03. The summed E-state index contributed by atoms with van der Waals surface area (Å²) in [6.07, 6.45) is 1.49. The zero-order chi connectivity index (χ0) is 20.8. The van der Waals surface area contributed by atoms with Crippen LogP contribution in [0.2, 0.25) is 0 Å². The minimum absolute atomic E-state index is 0.105. The van der Waals surface area contributed by atoms with Crippen LogP contribution in [0, 0.1) is 12.7 Å². The number of hydrogen-bond donors (Lipinski definition) is 2. The molecule has 1 heterocycles. The van der Waals surface area contributed by atoms with Crippen molar-refractivity contribution < 1.29 is 9.18 Å². The lowest BCUT2D eigenvalue weighted by Gasteiger charge is -2.22. The van der Waals surface area contributed by atoms with E-state index in [-0.39, 0.29) is 11.4 Å². The normalized spacial score (nSPS) is 10.5. The maximum absolute atomic E-state index is 13.8. The third-order valence-corrected chi connectivity index (χ3v) is 4.60. The molecule has 0 atom stereocenters. The maximum Gasteiger partial charge on any atom is 0.274 e. The van der Waals surface area contributed by atoms with E-state index >= 15 is 0 Å². The quantitative estimate of drug-likeness (QED) is 0.605. The van der Waals surface area contributed by atoms with E-state index in [0.717, 1.165) is 30.0 Å². The van der Waals surface area contributed by atoms with Gasteiger partial charge in [-0.25, -0.2) is 14.4 Å². The number of rotatable bonds is 7. The standard InChI is InChI=1S/C22H24FN5O/c1-4-28(5-2)16-10-11-18(15(3)14-16)26-22-24-13-12-20(27-22)21(29)25-19-9-7-6-8-17(19)23/h6-14H,4-5H2,1-3H3,(H,25,29)(H,24,26,27). The molecule has 0 unspecified atom stereocenters. The number of aromatic nitrogens is 2. The average molecular weight is 393 g/mol.